The average molecular weight is 439 g/mol. The molecule has 0 aliphatic rings. The number of nitrogens with zero attached hydrogens (tertiary/aromatic N) is 2. The summed E-state index contributed by atoms with van der Waals surface area (Å²) in [6.07, 6.45) is 3.24. The molecule has 3 N–H and O–H groups in total. The number of aryl methyl sites for hydroxylation is 1. The van der Waals surface area contributed by atoms with Crippen molar-refractivity contribution in [1.29, 1.82) is 0 Å². The molecule has 10 heteroatoms. The molecule has 0 radical (unpaired) electrons. The minimum atomic E-state index is -4.05. The van der Waals surface area contributed by atoms with Crippen LogP contribution in [0.25, 0.3) is 5.69 Å². The highest BCUT2D eigenvalue weighted by atomic mass is 35.5. The first-order chi connectivity index (χ1) is 13.1. The van der Waals surface area contributed by atoms with Gasteiger partial charge in [-0.3, -0.25) is 4.79 Å². The lowest BCUT2D eigenvalue weighted by atomic mass is 10.1. The Morgan fingerprint density at radius 3 is 2.61 bits per heavy atom. The molecular formula is C18H16Cl2N4O3S. The van der Waals surface area contributed by atoms with E-state index in [1.165, 1.54) is 16.8 Å². The average Bonchev–Trinajstić information content (AvgIpc) is 3.03. The van der Waals surface area contributed by atoms with Crippen LogP contribution in [-0.2, 0) is 21.2 Å². The normalized spacial score (nSPS) is 11.4. The second-order valence-electron chi connectivity index (χ2n) is 6.15. The van der Waals surface area contributed by atoms with Crippen molar-refractivity contribution in [3.05, 3.63) is 70.0 Å². The van der Waals surface area contributed by atoms with Crippen LogP contribution in [0.2, 0.25) is 10.0 Å². The number of aromatic nitrogens is 2. The Morgan fingerprint density at radius 2 is 1.96 bits per heavy atom. The fraction of sp³-hybridized carbons (Fsp3) is 0.111. The lowest BCUT2D eigenvalue weighted by Gasteiger charge is -2.12. The molecule has 1 aromatic heterocycles. The second-order valence-corrected chi connectivity index (χ2v) is 8.52. The number of carbonyl (C=O) groups is 1. The fourth-order valence-corrected chi connectivity index (χ4v) is 3.73. The molecule has 0 spiro atoms. The Labute approximate surface area is 172 Å². The highest BCUT2D eigenvalue weighted by Gasteiger charge is 2.18. The van der Waals surface area contributed by atoms with Gasteiger partial charge in [0.05, 0.1) is 18.3 Å². The quantitative estimate of drug-likeness (QED) is 0.636. The van der Waals surface area contributed by atoms with Gasteiger partial charge in [-0.05, 0) is 54.4 Å². The van der Waals surface area contributed by atoms with Gasteiger partial charge in [-0.1, -0.05) is 23.2 Å². The molecule has 28 heavy (non-hydrogen) atoms. The number of benzene rings is 2. The van der Waals surface area contributed by atoms with Gasteiger partial charge in [0.2, 0.25) is 15.9 Å². The van der Waals surface area contributed by atoms with Crippen molar-refractivity contribution >= 4 is 44.8 Å². The van der Waals surface area contributed by atoms with Crippen molar-refractivity contribution in [3.8, 4) is 5.69 Å². The van der Waals surface area contributed by atoms with Gasteiger partial charge in [-0.25, -0.2) is 18.2 Å². The lowest BCUT2D eigenvalue weighted by Crippen LogP contribution is -2.18. The van der Waals surface area contributed by atoms with Crippen LogP contribution in [0.15, 0.2) is 53.7 Å². The van der Waals surface area contributed by atoms with Crippen LogP contribution in [0.4, 0.5) is 5.69 Å². The smallest absolute Gasteiger partial charge is 0.240 e. The zero-order chi connectivity index (χ0) is 20.5. The largest absolute Gasteiger partial charge is 0.326 e. The minimum Gasteiger partial charge on any atom is -0.326 e. The number of carbonyl (C=O) groups excluding carboxylic acids is 1. The monoisotopic (exact) mass is 438 g/mol. The molecule has 0 bridgehead atoms. The zero-order valence-electron chi connectivity index (χ0n) is 14.7. The van der Waals surface area contributed by atoms with Crippen molar-refractivity contribution in [2.75, 3.05) is 5.32 Å². The van der Waals surface area contributed by atoms with Gasteiger partial charge in [0.15, 0.2) is 0 Å². The molecule has 0 atom stereocenters. The molecular weight excluding hydrogens is 423 g/mol. The van der Waals surface area contributed by atoms with E-state index < -0.39 is 10.0 Å². The SMILES string of the molecule is Cc1cnn(-c2ccc(NC(=O)Cc3cc(Cl)ccc3Cl)cc2S(N)(=O)=O)c1. The third-order valence-corrected chi connectivity index (χ3v) is 5.41. The van der Waals surface area contributed by atoms with Crippen molar-refractivity contribution in [2.45, 2.75) is 18.2 Å². The first-order valence-electron chi connectivity index (χ1n) is 8.06. The minimum absolute atomic E-state index is 0.0236. The van der Waals surface area contributed by atoms with Gasteiger partial charge < -0.3 is 5.32 Å². The number of hydrogen-bond acceptors (Lipinski definition) is 4. The second kappa shape index (κ2) is 7.92. The van der Waals surface area contributed by atoms with E-state index in [1.807, 2.05) is 6.92 Å². The summed E-state index contributed by atoms with van der Waals surface area (Å²) >= 11 is 12.0. The highest BCUT2D eigenvalue weighted by Crippen LogP contribution is 2.25. The fourth-order valence-electron chi connectivity index (χ4n) is 2.61. The van der Waals surface area contributed by atoms with Crippen LogP contribution < -0.4 is 10.5 Å². The van der Waals surface area contributed by atoms with Crippen molar-refractivity contribution < 1.29 is 13.2 Å². The summed E-state index contributed by atoms with van der Waals surface area (Å²) < 4.78 is 25.5. The maximum Gasteiger partial charge on any atom is 0.240 e. The molecule has 3 aromatic rings. The lowest BCUT2D eigenvalue weighted by molar-refractivity contribution is -0.115. The summed E-state index contributed by atoms with van der Waals surface area (Å²) in [5, 5.41) is 13.0. The van der Waals surface area contributed by atoms with Crippen LogP contribution in [0.5, 0.6) is 0 Å². The molecule has 2 aromatic carbocycles. The van der Waals surface area contributed by atoms with Crippen LogP contribution in [-0.4, -0.2) is 24.1 Å². The molecule has 0 unspecified atom stereocenters. The van der Waals surface area contributed by atoms with E-state index in [2.05, 4.69) is 10.4 Å². The van der Waals surface area contributed by atoms with E-state index in [-0.39, 0.29) is 28.6 Å². The van der Waals surface area contributed by atoms with E-state index >= 15 is 0 Å². The van der Waals surface area contributed by atoms with Crippen LogP contribution >= 0.6 is 23.2 Å². The maximum absolute atomic E-state index is 12.4. The molecule has 1 heterocycles. The van der Waals surface area contributed by atoms with Gasteiger partial charge in [-0.15, -0.1) is 0 Å². The van der Waals surface area contributed by atoms with Crippen LogP contribution in [0.3, 0.4) is 0 Å². The van der Waals surface area contributed by atoms with Crippen molar-refractivity contribution in [2.24, 2.45) is 5.14 Å². The Kier molecular flexibility index (Phi) is 5.76. The molecule has 0 aliphatic carbocycles. The number of amides is 1. The molecule has 7 nitrogen and oxygen atoms in total. The first-order valence-corrected chi connectivity index (χ1v) is 10.4. The topological polar surface area (TPSA) is 107 Å². The van der Waals surface area contributed by atoms with Crippen LogP contribution in [0, 0.1) is 6.92 Å². The number of halogens is 2. The zero-order valence-corrected chi connectivity index (χ0v) is 17.0. The summed E-state index contributed by atoms with van der Waals surface area (Å²) in [6, 6.07) is 9.21. The standard InChI is InChI=1S/C18H16Cl2N4O3S/c1-11-9-22-24(10-11)16-5-3-14(8-17(16)28(21,26)27)23-18(25)7-12-6-13(19)2-4-15(12)20/h2-6,8-10H,7H2,1H3,(H,23,25)(H2,21,26,27). The first kappa shape index (κ1) is 20.3. The van der Waals surface area contributed by atoms with Crippen molar-refractivity contribution in [1.82, 2.24) is 9.78 Å². The molecule has 1 amide bonds. The van der Waals surface area contributed by atoms with E-state index in [9.17, 15) is 13.2 Å². The van der Waals surface area contributed by atoms with Gasteiger partial charge >= 0.3 is 0 Å². The van der Waals surface area contributed by atoms with Gasteiger partial charge in [0, 0.05) is 21.9 Å². The molecule has 146 valence electrons. The van der Waals surface area contributed by atoms with E-state index in [0.29, 0.717) is 15.6 Å². The predicted octanol–water partition coefficient (Wildman–Crippen LogP) is 3.32. The van der Waals surface area contributed by atoms with Crippen molar-refractivity contribution in [3.63, 3.8) is 0 Å². The van der Waals surface area contributed by atoms with E-state index in [4.69, 9.17) is 28.3 Å². The Balaban J connectivity index is 1.88. The number of primary sulfonamides is 1. The third kappa shape index (κ3) is 4.71. The molecule has 3 rings (SSSR count). The van der Waals surface area contributed by atoms with Gasteiger partial charge in [-0.2, -0.15) is 5.10 Å². The maximum atomic E-state index is 12.4. The highest BCUT2D eigenvalue weighted by molar-refractivity contribution is 7.89. The Morgan fingerprint density at radius 1 is 1.21 bits per heavy atom. The summed E-state index contributed by atoms with van der Waals surface area (Å²) in [4.78, 5) is 12.2. The predicted molar refractivity (Wildman–Crippen MR) is 108 cm³/mol. The Hall–Kier alpha value is -2.39. The molecule has 0 saturated heterocycles. The van der Waals surface area contributed by atoms with Gasteiger partial charge in [0.25, 0.3) is 0 Å². The summed E-state index contributed by atoms with van der Waals surface area (Å²) in [7, 11) is -4.05. The van der Waals surface area contributed by atoms with Crippen LogP contribution in [0.1, 0.15) is 11.1 Å². The number of anilines is 1. The number of sulfonamides is 1. The summed E-state index contributed by atoms with van der Waals surface area (Å²) in [5.74, 6) is -0.382. The third-order valence-electron chi connectivity index (χ3n) is 3.87. The number of hydrogen-bond donors (Lipinski definition) is 2. The van der Waals surface area contributed by atoms with E-state index in [1.54, 1.807) is 36.7 Å². The molecule has 0 fully saturated rings. The van der Waals surface area contributed by atoms with E-state index in [0.717, 1.165) is 5.56 Å². The molecule has 0 aliphatic heterocycles. The Bertz CT molecular complexity index is 1160. The number of rotatable bonds is 5. The summed E-state index contributed by atoms with van der Waals surface area (Å²) in [5.41, 5.74) is 1.98. The number of nitrogens with two attached hydrogens (primary N) is 1. The van der Waals surface area contributed by atoms with Gasteiger partial charge in [0.1, 0.15) is 4.90 Å². The molecule has 0 saturated carbocycles. The number of nitrogens with one attached hydrogen (secondary N) is 1. The summed E-state index contributed by atoms with van der Waals surface area (Å²) in [6.45, 7) is 1.83.